The van der Waals surface area contributed by atoms with Gasteiger partial charge in [0, 0.05) is 6.42 Å². The van der Waals surface area contributed by atoms with Crippen molar-refractivity contribution in [2.24, 2.45) is 11.7 Å². The molecule has 0 bridgehead atoms. The number of para-hydroxylation sites is 4. The first-order valence-electron chi connectivity index (χ1n) is 9.19. The lowest BCUT2D eigenvalue weighted by Crippen LogP contribution is -2.21. The second-order valence-electron chi connectivity index (χ2n) is 7.27. The smallest absolute Gasteiger partial charge is 0.237 e. The number of rotatable bonds is 6. The van der Waals surface area contributed by atoms with Crippen LogP contribution in [0.2, 0.25) is 0 Å². The Morgan fingerprint density at radius 3 is 2.07 bits per heavy atom. The number of nitrogens with zero attached hydrogens (tertiary/aromatic N) is 4. The molecule has 2 aromatic carbocycles. The summed E-state index contributed by atoms with van der Waals surface area (Å²) in [5, 5.41) is 0. The predicted molar refractivity (Wildman–Crippen MR) is 106 cm³/mol. The maximum Gasteiger partial charge on any atom is 0.237 e. The fraction of sp³-hybridized carbons (Fsp3) is 0.286. The van der Waals surface area contributed by atoms with Crippen LogP contribution in [0.4, 0.5) is 0 Å². The first-order chi connectivity index (χ1) is 13.0. The van der Waals surface area contributed by atoms with Crippen LogP contribution in [0.15, 0.2) is 48.5 Å². The van der Waals surface area contributed by atoms with Gasteiger partial charge < -0.3 is 14.9 Å². The molecule has 0 unspecified atom stereocenters. The topological polar surface area (TPSA) is 78.7 Å². The highest BCUT2D eigenvalue weighted by molar-refractivity contribution is 5.80. The molecule has 2 N–H and O–H groups in total. The van der Waals surface area contributed by atoms with Crippen molar-refractivity contribution in [3.8, 4) is 0 Å². The van der Waals surface area contributed by atoms with Crippen molar-refractivity contribution in [1.82, 2.24) is 19.1 Å². The second-order valence-corrected chi connectivity index (χ2v) is 7.27. The largest absolute Gasteiger partial charge is 0.368 e. The molecular weight excluding hydrogens is 338 g/mol. The Morgan fingerprint density at radius 1 is 0.926 bits per heavy atom. The molecule has 0 radical (unpaired) electrons. The van der Waals surface area contributed by atoms with E-state index in [1.165, 1.54) is 0 Å². The number of fused-ring (bicyclic) bond motifs is 2. The summed E-state index contributed by atoms with van der Waals surface area (Å²) in [7, 11) is 0. The Labute approximate surface area is 157 Å². The lowest BCUT2D eigenvalue weighted by Gasteiger charge is -2.12. The van der Waals surface area contributed by atoms with Gasteiger partial charge in [0.15, 0.2) is 0 Å². The van der Waals surface area contributed by atoms with Crippen molar-refractivity contribution in [3.63, 3.8) is 0 Å². The van der Waals surface area contributed by atoms with Gasteiger partial charge in [-0.05, 0) is 30.2 Å². The molecule has 1 amide bonds. The van der Waals surface area contributed by atoms with Gasteiger partial charge in [-0.25, -0.2) is 9.97 Å². The minimum atomic E-state index is -0.378. The molecule has 0 aliphatic rings. The van der Waals surface area contributed by atoms with Crippen molar-refractivity contribution in [2.45, 2.75) is 33.4 Å². The molecule has 0 aliphatic carbocycles. The first-order valence-corrected chi connectivity index (χ1v) is 9.19. The zero-order valence-electron chi connectivity index (χ0n) is 15.6. The standard InChI is InChI=1S/C21H23N5O/c1-14(2)11-20-23-15-7-3-6-10-18(15)26(20)13-21-24-16-8-4-5-9-17(16)25(21)12-19(22)27/h3-10,14H,11-13H2,1-2H3,(H2,22,27). The van der Waals surface area contributed by atoms with Crippen LogP contribution in [0, 0.1) is 5.92 Å². The average molecular weight is 361 g/mol. The van der Waals surface area contributed by atoms with Crippen LogP contribution in [-0.4, -0.2) is 25.0 Å². The molecule has 2 heterocycles. The molecule has 0 aliphatic heterocycles. The number of nitrogens with two attached hydrogens (primary N) is 1. The Balaban J connectivity index is 1.85. The zero-order valence-corrected chi connectivity index (χ0v) is 15.6. The Bertz CT molecular complexity index is 1120. The number of hydrogen-bond donors (Lipinski definition) is 1. The molecule has 4 rings (SSSR count). The number of benzene rings is 2. The summed E-state index contributed by atoms with van der Waals surface area (Å²) in [6.45, 7) is 5.03. The molecule has 138 valence electrons. The van der Waals surface area contributed by atoms with Crippen LogP contribution in [0.5, 0.6) is 0 Å². The number of primary amides is 1. The second kappa shape index (κ2) is 6.87. The molecule has 0 spiro atoms. The normalized spacial score (nSPS) is 11.7. The van der Waals surface area contributed by atoms with Gasteiger partial charge in [-0.1, -0.05) is 38.1 Å². The van der Waals surface area contributed by atoms with E-state index in [4.69, 9.17) is 15.7 Å². The lowest BCUT2D eigenvalue weighted by molar-refractivity contribution is -0.118. The molecule has 4 aromatic rings. The van der Waals surface area contributed by atoms with Crippen LogP contribution >= 0.6 is 0 Å². The molecular formula is C21H23N5O. The highest BCUT2D eigenvalue weighted by Crippen LogP contribution is 2.22. The molecule has 0 saturated heterocycles. The summed E-state index contributed by atoms with van der Waals surface area (Å²) in [4.78, 5) is 21.2. The van der Waals surface area contributed by atoms with Gasteiger partial charge >= 0.3 is 0 Å². The molecule has 27 heavy (non-hydrogen) atoms. The van der Waals surface area contributed by atoms with Gasteiger partial charge in [0.25, 0.3) is 0 Å². The highest BCUT2D eigenvalue weighted by Gasteiger charge is 2.17. The highest BCUT2D eigenvalue weighted by atomic mass is 16.1. The number of aromatic nitrogens is 4. The summed E-state index contributed by atoms with van der Waals surface area (Å²) in [6, 6.07) is 15.9. The van der Waals surface area contributed by atoms with Gasteiger partial charge in [-0.3, -0.25) is 4.79 Å². The fourth-order valence-corrected chi connectivity index (χ4v) is 3.54. The predicted octanol–water partition coefficient (Wildman–Crippen LogP) is 3.12. The van der Waals surface area contributed by atoms with Gasteiger partial charge in [-0.2, -0.15) is 0 Å². The minimum Gasteiger partial charge on any atom is -0.368 e. The fourth-order valence-electron chi connectivity index (χ4n) is 3.54. The van der Waals surface area contributed by atoms with Gasteiger partial charge in [0.05, 0.1) is 28.6 Å². The third kappa shape index (κ3) is 3.30. The maximum absolute atomic E-state index is 11.6. The quantitative estimate of drug-likeness (QED) is 0.573. The van der Waals surface area contributed by atoms with E-state index in [1.807, 2.05) is 47.0 Å². The average Bonchev–Trinajstić information content (AvgIpc) is 3.13. The van der Waals surface area contributed by atoms with E-state index in [2.05, 4.69) is 24.5 Å². The summed E-state index contributed by atoms with van der Waals surface area (Å²) in [5.74, 6) is 1.95. The third-order valence-electron chi connectivity index (χ3n) is 4.67. The first kappa shape index (κ1) is 17.3. The van der Waals surface area contributed by atoms with Crippen LogP contribution in [0.25, 0.3) is 22.1 Å². The number of hydrogen-bond acceptors (Lipinski definition) is 3. The van der Waals surface area contributed by atoms with Crippen LogP contribution < -0.4 is 5.73 Å². The SMILES string of the molecule is CC(C)Cc1nc2ccccc2n1Cc1nc2ccccc2n1CC(N)=O. The summed E-state index contributed by atoms with van der Waals surface area (Å²) >= 11 is 0. The van der Waals surface area contributed by atoms with Gasteiger partial charge in [-0.15, -0.1) is 0 Å². The van der Waals surface area contributed by atoms with Crippen LogP contribution in [0.3, 0.4) is 0 Å². The lowest BCUT2D eigenvalue weighted by atomic mass is 10.1. The molecule has 6 heteroatoms. The van der Waals surface area contributed by atoms with Crippen molar-refractivity contribution in [3.05, 3.63) is 60.2 Å². The van der Waals surface area contributed by atoms with E-state index < -0.39 is 0 Å². The van der Waals surface area contributed by atoms with Crippen LogP contribution in [-0.2, 0) is 24.3 Å². The van der Waals surface area contributed by atoms with Crippen molar-refractivity contribution < 1.29 is 4.79 Å². The Hall–Kier alpha value is -3.15. The molecule has 2 aromatic heterocycles. The van der Waals surface area contributed by atoms with E-state index in [0.717, 1.165) is 40.1 Å². The van der Waals surface area contributed by atoms with Crippen molar-refractivity contribution >= 4 is 28.0 Å². The van der Waals surface area contributed by atoms with Crippen molar-refractivity contribution in [1.29, 1.82) is 0 Å². The summed E-state index contributed by atoms with van der Waals surface area (Å²) < 4.78 is 4.11. The van der Waals surface area contributed by atoms with Crippen molar-refractivity contribution in [2.75, 3.05) is 0 Å². The summed E-state index contributed by atoms with van der Waals surface area (Å²) in [5.41, 5.74) is 9.33. The number of amides is 1. The monoisotopic (exact) mass is 361 g/mol. The minimum absolute atomic E-state index is 0.113. The van der Waals surface area contributed by atoms with E-state index >= 15 is 0 Å². The molecule has 0 saturated carbocycles. The summed E-state index contributed by atoms with van der Waals surface area (Å²) in [6.07, 6.45) is 0.880. The molecule has 6 nitrogen and oxygen atoms in total. The molecule has 0 atom stereocenters. The van der Waals surface area contributed by atoms with E-state index in [0.29, 0.717) is 12.5 Å². The van der Waals surface area contributed by atoms with E-state index in [1.54, 1.807) is 0 Å². The number of carbonyl (C=O) groups excluding carboxylic acids is 1. The van der Waals surface area contributed by atoms with Gasteiger partial charge in [0.2, 0.25) is 5.91 Å². The van der Waals surface area contributed by atoms with E-state index in [-0.39, 0.29) is 12.5 Å². The Morgan fingerprint density at radius 2 is 1.48 bits per heavy atom. The zero-order chi connectivity index (χ0) is 19.0. The molecule has 0 fully saturated rings. The third-order valence-corrected chi connectivity index (χ3v) is 4.67. The number of carbonyl (C=O) groups is 1. The van der Waals surface area contributed by atoms with Crippen LogP contribution in [0.1, 0.15) is 25.5 Å². The maximum atomic E-state index is 11.6. The van der Waals surface area contributed by atoms with Gasteiger partial charge in [0.1, 0.15) is 18.2 Å². The number of imidazole rings is 2. The Kier molecular flexibility index (Phi) is 4.39. The van der Waals surface area contributed by atoms with E-state index in [9.17, 15) is 4.79 Å².